The van der Waals surface area contributed by atoms with Gasteiger partial charge in [0.05, 0.1) is 84.0 Å². The van der Waals surface area contributed by atoms with Crippen molar-refractivity contribution in [3.05, 3.63) is 109 Å². The standard InChI is InChI=1S/C28H29F3N6O4.C23H21F3N6O3/c29-28(30,31)19-5-3-4-18(14-19)21-7-8-22-26(33-21)37(20-9-10-36(22)17-20)27(38)35-23-15-32-16-24(34-23)39-12-13-41-25-6-1-2-11-40-25;24-23(25,26)15-3-1-2-14(10-15)17-4-5-18-21(28-17)32(16-6-7-31(18)13-16)22(34)30-19-11-27-12-20(29-19)35-9-8-33/h3-5,7-8,14-16,20,25H,1-2,6,9-13,17H2,(H,34,35,38);1-5,10-12,16,33H,6-9,13H2,(H,29,30,34)/t20-,25?;16-/m00/s1. The number of alkyl halides is 6. The minimum atomic E-state index is -4.48. The topological polar surface area (TPSA) is 206 Å². The van der Waals surface area contributed by atoms with Gasteiger partial charge < -0.3 is 33.9 Å². The highest BCUT2D eigenvalue weighted by atomic mass is 19.4. The van der Waals surface area contributed by atoms with Crippen LogP contribution in [0.1, 0.15) is 43.2 Å². The maximum Gasteiger partial charge on any atom is 0.416 e. The smallest absolute Gasteiger partial charge is 0.416 e. The van der Waals surface area contributed by atoms with Crippen molar-refractivity contribution in [1.82, 2.24) is 29.9 Å². The number of amides is 4. The lowest BCUT2D eigenvalue weighted by molar-refractivity contribution is -0.165. The fourth-order valence-electron chi connectivity index (χ4n) is 9.59. The Morgan fingerprint density at radius 1 is 0.632 bits per heavy atom. The van der Waals surface area contributed by atoms with Gasteiger partial charge in [-0.1, -0.05) is 24.3 Å². The molecule has 0 spiro atoms. The van der Waals surface area contributed by atoms with E-state index in [0.717, 1.165) is 74.4 Å². The van der Waals surface area contributed by atoms with Crippen molar-refractivity contribution in [3.8, 4) is 34.3 Å². The van der Waals surface area contributed by atoms with Gasteiger partial charge in [-0.25, -0.2) is 19.6 Å². The Morgan fingerprint density at radius 2 is 1.14 bits per heavy atom. The maximum absolute atomic E-state index is 13.6. The molecule has 76 heavy (non-hydrogen) atoms. The third-order valence-electron chi connectivity index (χ3n) is 13.1. The lowest BCUT2D eigenvalue weighted by atomic mass is 10.1. The van der Waals surface area contributed by atoms with Gasteiger partial charge in [0.1, 0.15) is 13.2 Å². The van der Waals surface area contributed by atoms with Crippen LogP contribution in [-0.4, -0.2) is 125 Å². The van der Waals surface area contributed by atoms with Crippen molar-refractivity contribution < 1.29 is 60.0 Å². The molecule has 3 atom stereocenters. The van der Waals surface area contributed by atoms with Gasteiger partial charge >= 0.3 is 24.4 Å². The third-order valence-corrected chi connectivity index (χ3v) is 13.1. The summed E-state index contributed by atoms with van der Waals surface area (Å²) in [5.41, 5.74) is 1.23. The molecule has 5 aliphatic heterocycles. The molecule has 5 aliphatic rings. The number of carbonyl (C=O) groups excluding carboxylic acids is 2. The van der Waals surface area contributed by atoms with Crippen LogP contribution < -0.4 is 39.7 Å². The van der Waals surface area contributed by atoms with Crippen LogP contribution in [0.5, 0.6) is 11.8 Å². The molecule has 0 radical (unpaired) electrons. The summed E-state index contributed by atoms with van der Waals surface area (Å²) < 4.78 is 102. The van der Waals surface area contributed by atoms with Gasteiger partial charge in [-0.05, 0) is 80.6 Å². The fourth-order valence-corrected chi connectivity index (χ4v) is 9.59. The summed E-state index contributed by atoms with van der Waals surface area (Å²) in [6.07, 6.45) is 0.824. The predicted molar refractivity (Wildman–Crippen MR) is 265 cm³/mol. The van der Waals surface area contributed by atoms with E-state index in [0.29, 0.717) is 66.9 Å². The minimum absolute atomic E-state index is 0.0335. The van der Waals surface area contributed by atoms with Crippen LogP contribution in [0.2, 0.25) is 0 Å². The molecule has 6 aromatic rings. The number of carbonyl (C=O) groups is 2. The van der Waals surface area contributed by atoms with E-state index in [2.05, 4.69) is 50.3 Å². The number of aromatic nitrogens is 6. The molecule has 0 saturated carbocycles. The molecule has 1 unspecified atom stereocenters. The number of fused-ring (bicyclic) bond motifs is 8. The summed E-state index contributed by atoms with van der Waals surface area (Å²) in [4.78, 5) is 60.1. The maximum atomic E-state index is 13.6. The van der Waals surface area contributed by atoms with Crippen molar-refractivity contribution in [3.63, 3.8) is 0 Å². The quantitative estimate of drug-likeness (QED) is 0.0775. The van der Waals surface area contributed by atoms with Crippen molar-refractivity contribution in [1.29, 1.82) is 0 Å². The van der Waals surface area contributed by atoms with E-state index in [9.17, 15) is 35.9 Å². The van der Waals surface area contributed by atoms with Crippen molar-refractivity contribution in [2.45, 2.75) is 62.8 Å². The van der Waals surface area contributed by atoms with E-state index >= 15 is 0 Å². The van der Waals surface area contributed by atoms with E-state index < -0.39 is 35.5 Å². The minimum Gasteiger partial charge on any atom is -0.474 e. The summed E-state index contributed by atoms with van der Waals surface area (Å²) >= 11 is 0. The van der Waals surface area contributed by atoms with Gasteiger partial charge in [0.2, 0.25) is 11.8 Å². The second kappa shape index (κ2) is 22.1. The first kappa shape index (κ1) is 51.6. The highest BCUT2D eigenvalue weighted by Crippen LogP contribution is 2.43. The Kier molecular flexibility index (Phi) is 15.0. The first-order chi connectivity index (χ1) is 36.7. The number of pyridine rings is 2. The Labute approximate surface area is 430 Å². The number of aliphatic hydroxyl groups is 1. The van der Waals surface area contributed by atoms with Gasteiger partial charge in [0.25, 0.3) is 0 Å². The number of urea groups is 2. The van der Waals surface area contributed by atoms with Crippen molar-refractivity contribution >= 4 is 46.7 Å². The summed E-state index contributed by atoms with van der Waals surface area (Å²) in [6.45, 7) is 3.82. The second-order valence-electron chi connectivity index (χ2n) is 18.2. The first-order valence-electron chi connectivity index (χ1n) is 24.5. The number of nitrogens with one attached hydrogen (secondary N) is 2. The summed E-state index contributed by atoms with van der Waals surface area (Å²) in [5, 5.41) is 14.4. The zero-order valence-electron chi connectivity index (χ0n) is 40.5. The molecule has 2 aromatic carbocycles. The third kappa shape index (κ3) is 11.6. The monoisotopic (exact) mass is 1060 g/mol. The van der Waals surface area contributed by atoms with E-state index in [1.165, 1.54) is 41.8 Å². The summed E-state index contributed by atoms with van der Waals surface area (Å²) in [7, 11) is 0. The summed E-state index contributed by atoms with van der Waals surface area (Å²) in [5.74, 6) is 1.47. The van der Waals surface area contributed by atoms with E-state index in [1.807, 2.05) is 0 Å². The van der Waals surface area contributed by atoms with Crippen LogP contribution in [0.25, 0.3) is 22.5 Å². The molecular formula is C51H50F6N12O7. The molecule has 9 heterocycles. The number of benzene rings is 2. The molecule has 19 nitrogen and oxygen atoms in total. The average molecular weight is 1060 g/mol. The molecule has 4 amide bonds. The fraction of sp³-hybridized carbons (Fsp3) is 0.373. The molecule has 4 aromatic heterocycles. The number of nitrogens with zero attached hydrogens (tertiary/aromatic N) is 10. The average Bonchev–Trinajstić information content (AvgIpc) is 4.04. The Hall–Kier alpha value is -7.90. The molecule has 3 fully saturated rings. The number of aliphatic hydroxyl groups excluding tert-OH is 1. The van der Waals surface area contributed by atoms with E-state index in [4.69, 9.17) is 24.1 Å². The molecular weight excluding hydrogens is 1010 g/mol. The Morgan fingerprint density at radius 3 is 1.62 bits per heavy atom. The van der Waals surface area contributed by atoms with Gasteiger partial charge in [0.15, 0.2) is 29.6 Å². The zero-order chi connectivity index (χ0) is 53.0. The van der Waals surface area contributed by atoms with Gasteiger partial charge in [-0.3, -0.25) is 30.4 Å². The van der Waals surface area contributed by atoms with Crippen LogP contribution in [0.4, 0.5) is 70.6 Å². The van der Waals surface area contributed by atoms with Crippen LogP contribution in [0, 0.1) is 0 Å². The lowest BCUT2D eigenvalue weighted by Gasteiger charge is -2.35. The lowest BCUT2D eigenvalue weighted by Crippen LogP contribution is -2.48. The molecule has 25 heteroatoms. The van der Waals surface area contributed by atoms with Crippen LogP contribution in [-0.2, 0) is 21.8 Å². The molecule has 0 aliphatic carbocycles. The largest absolute Gasteiger partial charge is 0.474 e. The number of anilines is 6. The normalized spacial score (nSPS) is 18.5. The number of rotatable bonds is 12. The van der Waals surface area contributed by atoms with Crippen molar-refractivity contribution in [2.24, 2.45) is 0 Å². The Bertz CT molecular complexity index is 3060. The highest BCUT2D eigenvalue weighted by molar-refractivity contribution is 6.05. The van der Waals surface area contributed by atoms with E-state index in [-0.39, 0.29) is 61.6 Å². The highest BCUT2D eigenvalue weighted by Gasteiger charge is 2.42. The molecule has 398 valence electrons. The molecule has 3 N–H and O–H groups in total. The predicted octanol–water partition coefficient (Wildman–Crippen LogP) is 8.67. The van der Waals surface area contributed by atoms with Crippen LogP contribution >= 0.6 is 0 Å². The van der Waals surface area contributed by atoms with Crippen LogP contribution in [0.15, 0.2) is 97.6 Å². The van der Waals surface area contributed by atoms with E-state index in [1.54, 1.807) is 41.3 Å². The number of hydrogen-bond donors (Lipinski definition) is 3. The van der Waals surface area contributed by atoms with Gasteiger partial charge in [0, 0.05) is 43.9 Å². The van der Waals surface area contributed by atoms with Crippen molar-refractivity contribution in [2.75, 3.05) is 89.4 Å². The van der Waals surface area contributed by atoms with Gasteiger partial charge in [-0.2, -0.15) is 36.3 Å². The second-order valence-corrected chi connectivity index (χ2v) is 18.2. The first-order valence-corrected chi connectivity index (χ1v) is 24.5. The SMILES string of the molecule is O=C(Nc1cncc(OCCO)n1)N1c2nc(-c3cccc(C(F)(F)F)c3)ccc2N2CC[C@H]1C2.O=C(Nc1cncc(OCCOC2CCCCO2)n1)N1c2nc(-c3cccc(C(F)(F)F)c3)ccc2N2CC[C@H]1C2. The summed E-state index contributed by atoms with van der Waals surface area (Å²) in [6, 6.07) is 15.6. The number of halogens is 6. The molecule has 11 rings (SSSR count). The zero-order valence-corrected chi connectivity index (χ0v) is 40.5. The number of hydrogen-bond acceptors (Lipinski definition) is 15. The van der Waals surface area contributed by atoms with Gasteiger partial charge in [-0.15, -0.1) is 0 Å². The molecule has 3 saturated heterocycles. The van der Waals surface area contributed by atoms with Crippen LogP contribution in [0.3, 0.4) is 0 Å². The molecule has 4 bridgehead atoms. The number of ether oxygens (including phenoxy) is 4. The Balaban J connectivity index is 0.000000175.